The SMILES string of the molecule is C[C@H](CO)N1C[C@H](C)[C@@H](CN(C)C(=O)[C@H](C)c2ccccc2)OCc2ccccc2-c2ccccc2C1=O. The largest absolute Gasteiger partial charge is 0.394 e. The van der Waals surface area contributed by atoms with Gasteiger partial charge in [0.2, 0.25) is 5.91 Å². The summed E-state index contributed by atoms with van der Waals surface area (Å²) in [5.41, 5.74) is 4.36. The highest BCUT2D eigenvalue weighted by molar-refractivity contribution is 6.01. The zero-order chi connectivity index (χ0) is 27.2. The van der Waals surface area contributed by atoms with E-state index in [0.717, 1.165) is 22.3 Å². The van der Waals surface area contributed by atoms with Crippen molar-refractivity contribution >= 4 is 11.8 Å². The number of aliphatic hydroxyl groups excluding tert-OH is 1. The van der Waals surface area contributed by atoms with Gasteiger partial charge in [0.1, 0.15) is 0 Å². The average molecular weight is 515 g/mol. The van der Waals surface area contributed by atoms with Crippen LogP contribution in [0.3, 0.4) is 0 Å². The number of amides is 2. The molecule has 4 atom stereocenters. The van der Waals surface area contributed by atoms with E-state index in [4.69, 9.17) is 4.74 Å². The first kappa shape index (κ1) is 27.6. The summed E-state index contributed by atoms with van der Waals surface area (Å²) in [6.45, 7) is 6.83. The van der Waals surface area contributed by atoms with Crippen molar-refractivity contribution in [3.05, 3.63) is 95.6 Å². The predicted octanol–water partition coefficient (Wildman–Crippen LogP) is 4.97. The number of hydrogen-bond acceptors (Lipinski definition) is 4. The van der Waals surface area contributed by atoms with Gasteiger partial charge in [-0.05, 0) is 42.2 Å². The van der Waals surface area contributed by atoms with Crippen LogP contribution in [0.5, 0.6) is 0 Å². The molecule has 4 rings (SSSR count). The molecule has 0 saturated heterocycles. The molecular formula is C32H38N2O4. The molecule has 38 heavy (non-hydrogen) atoms. The van der Waals surface area contributed by atoms with Crippen LogP contribution in [0, 0.1) is 5.92 Å². The molecule has 0 fully saturated rings. The quantitative estimate of drug-likeness (QED) is 0.504. The number of carbonyl (C=O) groups is 2. The lowest BCUT2D eigenvalue weighted by molar-refractivity contribution is -0.134. The van der Waals surface area contributed by atoms with Gasteiger partial charge in [-0.15, -0.1) is 0 Å². The standard InChI is InChI=1S/C32H38N2O4/c1-22-18-34(23(2)20-35)32(37)29-17-11-10-16-28(29)27-15-9-8-14-26(27)21-38-30(22)19-33(4)31(36)24(3)25-12-6-5-7-13-25/h5-17,22-24,30,35H,18-21H2,1-4H3/t22-,23+,24+,30+/m0/s1. The number of rotatable bonds is 6. The molecule has 0 bridgehead atoms. The summed E-state index contributed by atoms with van der Waals surface area (Å²) >= 11 is 0. The third kappa shape index (κ3) is 5.98. The molecule has 0 aliphatic carbocycles. The molecule has 1 aliphatic rings. The van der Waals surface area contributed by atoms with Gasteiger partial charge in [0.05, 0.1) is 31.3 Å². The maximum atomic E-state index is 13.9. The van der Waals surface area contributed by atoms with Crippen molar-refractivity contribution in [3.8, 4) is 11.1 Å². The maximum absolute atomic E-state index is 13.9. The Bertz CT molecular complexity index is 1240. The molecule has 1 heterocycles. The van der Waals surface area contributed by atoms with Gasteiger partial charge in [0.25, 0.3) is 5.91 Å². The molecule has 3 aromatic carbocycles. The fourth-order valence-corrected chi connectivity index (χ4v) is 5.13. The van der Waals surface area contributed by atoms with Crippen molar-refractivity contribution in [1.29, 1.82) is 0 Å². The second-order valence-corrected chi connectivity index (χ2v) is 10.4. The van der Waals surface area contributed by atoms with Crippen LogP contribution in [-0.4, -0.2) is 65.6 Å². The highest BCUT2D eigenvalue weighted by atomic mass is 16.5. The minimum atomic E-state index is -0.368. The molecule has 1 aliphatic heterocycles. The maximum Gasteiger partial charge on any atom is 0.254 e. The second kappa shape index (κ2) is 12.4. The lowest BCUT2D eigenvalue weighted by Gasteiger charge is -2.35. The van der Waals surface area contributed by atoms with Crippen LogP contribution in [0.4, 0.5) is 0 Å². The molecule has 3 aromatic rings. The number of fused-ring (bicyclic) bond motifs is 3. The van der Waals surface area contributed by atoms with Crippen LogP contribution in [-0.2, 0) is 16.1 Å². The summed E-state index contributed by atoms with van der Waals surface area (Å²) in [5.74, 6) is -0.466. The Hall–Kier alpha value is -3.48. The van der Waals surface area contributed by atoms with Gasteiger partial charge in [-0.1, -0.05) is 79.7 Å². The van der Waals surface area contributed by atoms with Gasteiger partial charge in [-0.25, -0.2) is 0 Å². The van der Waals surface area contributed by atoms with Crippen LogP contribution in [0.25, 0.3) is 11.1 Å². The number of likely N-dealkylation sites (N-methyl/N-ethyl adjacent to an activating group) is 1. The summed E-state index contributed by atoms with van der Waals surface area (Å²) in [6, 6.07) is 25.0. The molecule has 1 N–H and O–H groups in total. The molecule has 0 aromatic heterocycles. The highest BCUT2D eigenvalue weighted by Crippen LogP contribution is 2.31. The molecule has 0 radical (unpaired) electrons. The van der Waals surface area contributed by atoms with Gasteiger partial charge in [-0.3, -0.25) is 9.59 Å². The third-order valence-corrected chi connectivity index (χ3v) is 7.59. The van der Waals surface area contributed by atoms with Crippen molar-refractivity contribution in [3.63, 3.8) is 0 Å². The first-order valence-electron chi connectivity index (χ1n) is 13.3. The molecule has 0 spiro atoms. The van der Waals surface area contributed by atoms with E-state index in [2.05, 4.69) is 0 Å². The Balaban J connectivity index is 1.67. The van der Waals surface area contributed by atoms with E-state index in [-0.39, 0.29) is 42.4 Å². The van der Waals surface area contributed by atoms with E-state index >= 15 is 0 Å². The van der Waals surface area contributed by atoms with Crippen molar-refractivity contribution in [2.45, 2.75) is 45.4 Å². The van der Waals surface area contributed by atoms with Gasteiger partial charge in [0.15, 0.2) is 0 Å². The van der Waals surface area contributed by atoms with Crippen molar-refractivity contribution < 1.29 is 19.4 Å². The van der Waals surface area contributed by atoms with Crippen molar-refractivity contribution in [2.75, 3.05) is 26.7 Å². The molecule has 0 saturated carbocycles. The summed E-state index contributed by atoms with van der Waals surface area (Å²) in [4.78, 5) is 30.7. The second-order valence-electron chi connectivity index (χ2n) is 10.4. The van der Waals surface area contributed by atoms with E-state index in [1.54, 1.807) is 9.80 Å². The number of ether oxygens (including phenoxy) is 1. The van der Waals surface area contributed by atoms with E-state index in [1.165, 1.54) is 0 Å². The van der Waals surface area contributed by atoms with E-state index < -0.39 is 0 Å². The Morgan fingerprint density at radius 2 is 1.58 bits per heavy atom. The van der Waals surface area contributed by atoms with E-state index in [1.807, 2.05) is 107 Å². The van der Waals surface area contributed by atoms with Gasteiger partial charge in [0, 0.05) is 31.6 Å². The third-order valence-electron chi connectivity index (χ3n) is 7.59. The van der Waals surface area contributed by atoms with Gasteiger partial charge in [-0.2, -0.15) is 0 Å². The summed E-state index contributed by atoms with van der Waals surface area (Å²) in [6.07, 6.45) is -0.317. The molecule has 200 valence electrons. The number of nitrogens with zero attached hydrogens (tertiary/aromatic N) is 2. The summed E-state index contributed by atoms with van der Waals surface area (Å²) in [7, 11) is 1.81. The van der Waals surface area contributed by atoms with Crippen molar-refractivity contribution in [1.82, 2.24) is 9.80 Å². The predicted molar refractivity (Wildman–Crippen MR) is 150 cm³/mol. The van der Waals surface area contributed by atoms with Gasteiger partial charge < -0.3 is 19.6 Å². The monoisotopic (exact) mass is 514 g/mol. The molecule has 0 unspecified atom stereocenters. The Morgan fingerprint density at radius 3 is 2.26 bits per heavy atom. The molecule has 2 amide bonds. The smallest absolute Gasteiger partial charge is 0.254 e. The number of hydrogen-bond donors (Lipinski definition) is 1. The zero-order valence-electron chi connectivity index (χ0n) is 22.7. The first-order chi connectivity index (χ1) is 18.3. The molecule has 6 nitrogen and oxygen atoms in total. The Kier molecular flexibility index (Phi) is 8.97. The first-order valence-corrected chi connectivity index (χ1v) is 13.3. The van der Waals surface area contributed by atoms with Crippen LogP contribution in [0.2, 0.25) is 0 Å². The topological polar surface area (TPSA) is 70.1 Å². The number of carbonyl (C=O) groups excluding carboxylic acids is 2. The van der Waals surface area contributed by atoms with Crippen LogP contribution in [0.15, 0.2) is 78.9 Å². The number of benzene rings is 3. The van der Waals surface area contributed by atoms with E-state index in [0.29, 0.717) is 25.3 Å². The highest BCUT2D eigenvalue weighted by Gasteiger charge is 2.32. The lowest BCUT2D eigenvalue weighted by atomic mass is 9.94. The summed E-state index contributed by atoms with van der Waals surface area (Å²) in [5, 5.41) is 10.0. The minimum absolute atomic E-state index is 0.0192. The van der Waals surface area contributed by atoms with Crippen LogP contribution >= 0.6 is 0 Å². The lowest BCUT2D eigenvalue weighted by Crippen LogP contribution is -2.48. The van der Waals surface area contributed by atoms with Gasteiger partial charge >= 0.3 is 0 Å². The fourth-order valence-electron chi connectivity index (χ4n) is 5.13. The normalized spacial score (nSPS) is 19.5. The van der Waals surface area contributed by atoms with E-state index in [9.17, 15) is 14.7 Å². The summed E-state index contributed by atoms with van der Waals surface area (Å²) < 4.78 is 6.54. The minimum Gasteiger partial charge on any atom is -0.394 e. The molecule has 6 heteroatoms. The zero-order valence-corrected chi connectivity index (χ0v) is 22.7. The number of aliphatic hydroxyl groups is 1. The Labute approximate surface area is 225 Å². The Morgan fingerprint density at radius 1 is 0.974 bits per heavy atom. The fraction of sp³-hybridized carbons (Fsp3) is 0.375. The van der Waals surface area contributed by atoms with Crippen LogP contribution < -0.4 is 0 Å². The van der Waals surface area contributed by atoms with Crippen molar-refractivity contribution in [2.24, 2.45) is 5.92 Å². The average Bonchev–Trinajstić information content (AvgIpc) is 2.97. The van der Waals surface area contributed by atoms with Crippen LogP contribution in [0.1, 0.15) is 48.2 Å². The molecular weight excluding hydrogens is 476 g/mol.